The number of carbonyl (C=O) groups excluding carboxylic acids is 1. The molecule has 2 saturated heterocycles. The Morgan fingerprint density at radius 3 is 1.20 bits per heavy atom. The largest absolute Gasteiger partial charge is 0.457 e. The van der Waals surface area contributed by atoms with Crippen molar-refractivity contribution in [3.05, 3.63) is 109 Å². The number of ether oxygens (including phenoxy) is 6. The Morgan fingerprint density at radius 2 is 0.765 bits per heavy atom. The maximum atomic E-state index is 13.1. The molecule has 0 bridgehead atoms. The number of rotatable bonds is 54. The summed E-state index contributed by atoms with van der Waals surface area (Å²) in [6, 6.07) is 0. The van der Waals surface area contributed by atoms with Crippen LogP contribution in [0.5, 0.6) is 0 Å². The molecule has 0 saturated carbocycles. The van der Waals surface area contributed by atoms with Crippen molar-refractivity contribution in [2.75, 3.05) is 33.0 Å². The molecule has 488 valence electrons. The SMILES string of the molecule is CC/C=C\C/C=C\C/C=C\C/C=C\C/C=C\C/C=C\CCCCCCCCC(=O)OC(COCCCCCCCCCCCCC/C=C\C/C=C\C/C=C\CCCCCCC)COC1OC(COC2OC(CO)C(O)C(O)C2O)C(O)C(O)C1O. The van der Waals surface area contributed by atoms with Crippen LogP contribution in [-0.2, 0) is 33.2 Å². The van der Waals surface area contributed by atoms with Crippen LogP contribution in [-0.4, -0.2) is 142 Å². The summed E-state index contributed by atoms with van der Waals surface area (Å²) in [6.45, 7) is 3.54. The van der Waals surface area contributed by atoms with E-state index in [0.717, 1.165) is 116 Å². The highest BCUT2D eigenvalue weighted by Gasteiger charge is 2.47. The zero-order valence-electron chi connectivity index (χ0n) is 52.8. The van der Waals surface area contributed by atoms with Crippen LogP contribution in [0.15, 0.2) is 109 Å². The first-order valence-electron chi connectivity index (χ1n) is 33.5. The molecule has 2 fully saturated rings. The molecule has 0 aromatic carbocycles. The number of aliphatic hydroxyl groups excluding tert-OH is 7. The number of carbonyl (C=O) groups is 1. The van der Waals surface area contributed by atoms with Crippen LogP contribution in [0.3, 0.4) is 0 Å². The molecule has 2 aliphatic rings. The lowest BCUT2D eigenvalue weighted by atomic mass is 9.98. The highest BCUT2D eigenvalue weighted by molar-refractivity contribution is 5.69. The Balaban J connectivity index is 1.68. The highest BCUT2D eigenvalue weighted by Crippen LogP contribution is 2.27. The van der Waals surface area contributed by atoms with Gasteiger partial charge in [-0.3, -0.25) is 4.79 Å². The van der Waals surface area contributed by atoms with Gasteiger partial charge in [-0.2, -0.15) is 0 Å². The Morgan fingerprint density at radius 1 is 0.400 bits per heavy atom. The highest BCUT2D eigenvalue weighted by atomic mass is 16.7. The van der Waals surface area contributed by atoms with Gasteiger partial charge in [-0.05, 0) is 103 Å². The third-order valence-corrected chi connectivity index (χ3v) is 15.3. The van der Waals surface area contributed by atoms with Crippen molar-refractivity contribution in [2.45, 2.75) is 300 Å². The second-order valence-electron chi connectivity index (χ2n) is 22.9. The maximum Gasteiger partial charge on any atom is 0.306 e. The first-order chi connectivity index (χ1) is 41.6. The molecule has 0 aliphatic carbocycles. The molecule has 2 heterocycles. The van der Waals surface area contributed by atoms with Gasteiger partial charge in [0, 0.05) is 13.0 Å². The quantitative estimate of drug-likeness (QED) is 0.0171. The van der Waals surface area contributed by atoms with Crippen molar-refractivity contribution in [1.82, 2.24) is 0 Å². The summed E-state index contributed by atoms with van der Waals surface area (Å²) in [6.07, 6.45) is 61.5. The third kappa shape index (κ3) is 41.5. The Bertz CT molecular complexity index is 1820. The average Bonchev–Trinajstić information content (AvgIpc) is 3.68. The molecule has 0 radical (unpaired) electrons. The fourth-order valence-corrected chi connectivity index (χ4v) is 9.94. The van der Waals surface area contributed by atoms with Crippen LogP contribution in [0.25, 0.3) is 0 Å². The number of unbranched alkanes of at least 4 members (excludes halogenated alkanes) is 22. The molecule has 2 rings (SSSR count). The summed E-state index contributed by atoms with van der Waals surface area (Å²) in [7, 11) is 0. The van der Waals surface area contributed by atoms with E-state index in [-0.39, 0.29) is 19.6 Å². The monoisotopic (exact) mass is 1200 g/mol. The number of aliphatic hydroxyl groups is 7. The van der Waals surface area contributed by atoms with Gasteiger partial charge >= 0.3 is 5.97 Å². The minimum absolute atomic E-state index is 0.0468. The van der Waals surface area contributed by atoms with Gasteiger partial charge in [-0.1, -0.05) is 232 Å². The number of hydrogen-bond donors (Lipinski definition) is 7. The fraction of sp³-hybridized carbons (Fsp3) is 0.732. The third-order valence-electron chi connectivity index (χ3n) is 15.3. The second kappa shape index (κ2) is 55.9. The van der Waals surface area contributed by atoms with Crippen LogP contribution >= 0.6 is 0 Å². The molecule has 14 nitrogen and oxygen atoms in total. The van der Waals surface area contributed by atoms with Crippen molar-refractivity contribution in [3.63, 3.8) is 0 Å². The standard InChI is InChI=1S/C71H120O14/c1-3-5-7-9-11-13-15-17-19-21-23-25-27-29-31-33-35-37-39-41-43-45-47-49-51-53-55-80-57-60(58-81-70-69(79)67(77)65(75)62(85-70)59-82-71-68(78)66(76)64(74)61(56-72)84-71)83-63(73)54-52-50-48-46-44-42-40-38-36-34-32-30-28-26-24-22-20-18-16-14-12-10-8-6-4-2/h6,8,12,14-15,17-18,20-21,23-24,26-27,29-30,32,36,38,60-62,64-72,74-79H,3-5,7,9-11,13,16,19,22,25,28,31,33-35,37,39-59H2,1-2H3/b8-6-,14-12-,17-15-,20-18-,23-21-,26-24-,29-27-,32-30-,38-36-. The summed E-state index contributed by atoms with van der Waals surface area (Å²) in [5.41, 5.74) is 0. The van der Waals surface area contributed by atoms with E-state index in [2.05, 4.69) is 123 Å². The lowest BCUT2D eigenvalue weighted by molar-refractivity contribution is -0.332. The van der Waals surface area contributed by atoms with Gasteiger partial charge in [0.2, 0.25) is 0 Å². The smallest absolute Gasteiger partial charge is 0.306 e. The van der Waals surface area contributed by atoms with Gasteiger partial charge in [0.25, 0.3) is 0 Å². The molecule has 11 unspecified atom stereocenters. The number of esters is 1. The van der Waals surface area contributed by atoms with Crippen LogP contribution < -0.4 is 0 Å². The summed E-state index contributed by atoms with van der Waals surface area (Å²) in [5, 5.41) is 72.6. The normalized spacial score (nSPS) is 23.9. The van der Waals surface area contributed by atoms with Gasteiger partial charge in [0.05, 0.1) is 26.4 Å². The van der Waals surface area contributed by atoms with E-state index >= 15 is 0 Å². The predicted octanol–water partition coefficient (Wildman–Crippen LogP) is 13.9. The molecule has 0 aromatic heterocycles. The summed E-state index contributed by atoms with van der Waals surface area (Å²) < 4.78 is 34.5. The van der Waals surface area contributed by atoms with E-state index < -0.39 is 86.7 Å². The zero-order valence-corrected chi connectivity index (χ0v) is 52.8. The van der Waals surface area contributed by atoms with Crippen molar-refractivity contribution in [3.8, 4) is 0 Å². The Labute approximate surface area is 514 Å². The van der Waals surface area contributed by atoms with Crippen LogP contribution in [0.4, 0.5) is 0 Å². The minimum Gasteiger partial charge on any atom is -0.457 e. The zero-order chi connectivity index (χ0) is 61.5. The number of allylic oxidation sites excluding steroid dienone is 18. The van der Waals surface area contributed by atoms with E-state index in [9.17, 15) is 40.5 Å². The second-order valence-corrected chi connectivity index (χ2v) is 22.9. The van der Waals surface area contributed by atoms with Gasteiger partial charge in [-0.15, -0.1) is 0 Å². The maximum absolute atomic E-state index is 13.1. The van der Waals surface area contributed by atoms with Crippen molar-refractivity contribution < 1.29 is 69.0 Å². The first kappa shape index (κ1) is 77.7. The van der Waals surface area contributed by atoms with Crippen LogP contribution in [0.1, 0.15) is 232 Å². The molecule has 85 heavy (non-hydrogen) atoms. The lowest BCUT2D eigenvalue weighted by Gasteiger charge is -2.42. The molecule has 0 amide bonds. The molecule has 14 heteroatoms. The van der Waals surface area contributed by atoms with Gasteiger partial charge in [0.1, 0.15) is 54.9 Å². The Hall–Kier alpha value is -3.35. The van der Waals surface area contributed by atoms with E-state index in [1.807, 2.05) is 0 Å². The first-order valence-corrected chi connectivity index (χ1v) is 33.5. The van der Waals surface area contributed by atoms with E-state index in [1.165, 1.54) is 89.9 Å². The molecular formula is C71H120O14. The van der Waals surface area contributed by atoms with Crippen molar-refractivity contribution in [1.29, 1.82) is 0 Å². The molecular weight excluding hydrogens is 1080 g/mol. The molecule has 7 N–H and O–H groups in total. The van der Waals surface area contributed by atoms with E-state index in [0.29, 0.717) is 13.0 Å². The summed E-state index contributed by atoms with van der Waals surface area (Å²) >= 11 is 0. The minimum atomic E-state index is -1.72. The topological polar surface area (TPSA) is 214 Å². The predicted molar refractivity (Wildman–Crippen MR) is 344 cm³/mol. The van der Waals surface area contributed by atoms with Crippen LogP contribution in [0, 0.1) is 0 Å². The van der Waals surface area contributed by atoms with E-state index in [1.54, 1.807) is 0 Å². The fourth-order valence-electron chi connectivity index (χ4n) is 9.94. The summed E-state index contributed by atoms with van der Waals surface area (Å²) in [5.74, 6) is -0.394. The molecule has 2 aliphatic heterocycles. The number of hydrogen-bond acceptors (Lipinski definition) is 14. The average molecular weight is 1200 g/mol. The summed E-state index contributed by atoms with van der Waals surface area (Å²) in [4.78, 5) is 13.1. The van der Waals surface area contributed by atoms with E-state index in [4.69, 9.17) is 28.4 Å². The Kier molecular flexibility index (Phi) is 51.2. The molecule has 11 atom stereocenters. The molecule has 0 spiro atoms. The van der Waals surface area contributed by atoms with Crippen molar-refractivity contribution >= 4 is 5.97 Å². The van der Waals surface area contributed by atoms with Crippen LogP contribution in [0.2, 0.25) is 0 Å². The van der Waals surface area contributed by atoms with Gasteiger partial charge < -0.3 is 64.2 Å². The lowest BCUT2D eigenvalue weighted by Crippen LogP contribution is -2.61. The van der Waals surface area contributed by atoms with Gasteiger partial charge in [-0.25, -0.2) is 0 Å². The van der Waals surface area contributed by atoms with Crippen molar-refractivity contribution in [2.24, 2.45) is 0 Å². The molecule has 0 aromatic rings. The van der Waals surface area contributed by atoms with Gasteiger partial charge in [0.15, 0.2) is 12.6 Å².